The first-order chi connectivity index (χ1) is 8.52. The van der Waals surface area contributed by atoms with Crippen molar-refractivity contribution in [1.29, 1.82) is 0 Å². The van der Waals surface area contributed by atoms with Gasteiger partial charge in [-0.05, 0) is 39.2 Å². The molecule has 0 aromatic heterocycles. The molecule has 1 aromatic rings. The second kappa shape index (κ2) is 5.41. The summed E-state index contributed by atoms with van der Waals surface area (Å²) in [5.41, 5.74) is 2.16. The zero-order valence-electron chi connectivity index (χ0n) is 11.9. The van der Waals surface area contributed by atoms with Crippen LogP contribution < -0.4 is 10.6 Å². The molecule has 18 heavy (non-hydrogen) atoms. The van der Waals surface area contributed by atoms with E-state index >= 15 is 0 Å². The molecule has 0 spiro atoms. The minimum atomic E-state index is 0.221. The fraction of sp³-hybridized carbons (Fsp3) is 0.625. The normalized spacial score (nSPS) is 17.7. The topological polar surface area (TPSA) is 24.1 Å². The van der Waals surface area contributed by atoms with Crippen LogP contribution in [0, 0.1) is 0 Å². The minimum absolute atomic E-state index is 0.221. The molecule has 0 radical (unpaired) electrons. The fourth-order valence-electron chi connectivity index (χ4n) is 2.36. The van der Waals surface area contributed by atoms with Gasteiger partial charge >= 0.3 is 0 Å². The van der Waals surface area contributed by atoms with E-state index in [2.05, 4.69) is 61.7 Å². The third kappa shape index (κ3) is 3.82. The number of nitrogens with one attached hydrogen (secondary N) is 2. The molecule has 0 bridgehead atoms. The van der Waals surface area contributed by atoms with E-state index in [-0.39, 0.29) is 5.54 Å². The summed E-state index contributed by atoms with van der Waals surface area (Å²) in [4.78, 5) is 0. The Morgan fingerprint density at radius 3 is 2.28 bits per heavy atom. The van der Waals surface area contributed by atoms with Gasteiger partial charge in [0.25, 0.3) is 0 Å². The van der Waals surface area contributed by atoms with Crippen molar-refractivity contribution in [2.75, 3.05) is 19.6 Å². The molecule has 0 heterocycles. The van der Waals surface area contributed by atoms with Gasteiger partial charge in [0.2, 0.25) is 0 Å². The number of hydrogen-bond donors (Lipinski definition) is 2. The van der Waals surface area contributed by atoms with Crippen LogP contribution in [0.25, 0.3) is 0 Å². The Morgan fingerprint density at radius 1 is 1.06 bits per heavy atom. The van der Waals surface area contributed by atoms with E-state index in [4.69, 9.17) is 0 Å². The number of benzene rings is 1. The second-order valence-corrected chi connectivity index (χ2v) is 6.50. The highest BCUT2D eigenvalue weighted by atomic mass is 15.0. The third-order valence-electron chi connectivity index (χ3n) is 3.66. The molecular weight excluding hydrogens is 220 g/mol. The largest absolute Gasteiger partial charge is 0.315 e. The summed E-state index contributed by atoms with van der Waals surface area (Å²) in [6.07, 6.45) is 2.66. The van der Waals surface area contributed by atoms with E-state index in [0.717, 1.165) is 19.6 Å². The van der Waals surface area contributed by atoms with Crippen LogP contribution >= 0.6 is 0 Å². The summed E-state index contributed by atoms with van der Waals surface area (Å²) < 4.78 is 0. The Labute approximate surface area is 111 Å². The van der Waals surface area contributed by atoms with Crippen molar-refractivity contribution in [2.24, 2.45) is 0 Å². The van der Waals surface area contributed by atoms with Crippen LogP contribution in [0.3, 0.4) is 0 Å². The van der Waals surface area contributed by atoms with Crippen molar-refractivity contribution in [2.45, 2.75) is 44.6 Å². The zero-order chi connectivity index (χ0) is 13.1. The maximum Gasteiger partial charge on any atom is 0.00970 e. The van der Waals surface area contributed by atoms with Gasteiger partial charge in [-0.2, -0.15) is 0 Å². The van der Waals surface area contributed by atoms with E-state index in [1.165, 1.54) is 18.4 Å². The van der Waals surface area contributed by atoms with Crippen LogP contribution in [-0.4, -0.2) is 25.2 Å². The smallest absolute Gasteiger partial charge is 0.00970 e. The predicted octanol–water partition coefficient (Wildman–Crippen LogP) is 2.70. The first-order valence-corrected chi connectivity index (χ1v) is 7.03. The van der Waals surface area contributed by atoms with Gasteiger partial charge < -0.3 is 10.6 Å². The summed E-state index contributed by atoms with van der Waals surface area (Å²) in [5.74, 6) is 0. The van der Waals surface area contributed by atoms with Gasteiger partial charge in [-0.1, -0.05) is 30.3 Å². The molecule has 2 heteroatoms. The van der Waals surface area contributed by atoms with Crippen LogP contribution in [-0.2, 0) is 5.41 Å². The van der Waals surface area contributed by atoms with Crippen LogP contribution in [0.15, 0.2) is 30.3 Å². The van der Waals surface area contributed by atoms with Gasteiger partial charge in [0.1, 0.15) is 0 Å². The molecule has 0 atom stereocenters. The Morgan fingerprint density at radius 2 is 1.72 bits per heavy atom. The molecule has 100 valence electrons. The lowest BCUT2D eigenvalue weighted by atomic mass is 9.96. The molecule has 2 N–H and O–H groups in total. The lowest BCUT2D eigenvalue weighted by Gasteiger charge is -2.21. The van der Waals surface area contributed by atoms with E-state index in [1.807, 2.05) is 0 Å². The summed E-state index contributed by atoms with van der Waals surface area (Å²) in [6.45, 7) is 9.82. The minimum Gasteiger partial charge on any atom is -0.315 e. The molecule has 2 nitrogen and oxygen atoms in total. The fourth-order valence-corrected chi connectivity index (χ4v) is 2.36. The molecule has 0 unspecified atom stereocenters. The average Bonchev–Trinajstić information content (AvgIpc) is 3.10. The van der Waals surface area contributed by atoms with Crippen LogP contribution in [0.4, 0.5) is 0 Å². The van der Waals surface area contributed by atoms with Crippen molar-refractivity contribution in [3.05, 3.63) is 35.9 Å². The van der Waals surface area contributed by atoms with Gasteiger partial charge in [-0.15, -0.1) is 0 Å². The molecule has 1 saturated carbocycles. The summed E-state index contributed by atoms with van der Waals surface area (Å²) in [6, 6.07) is 10.9. The highest BCUT2D eigenvalue weighted by Crippen LogP contribution is 2.47. The first kappa shape index (κ1) is 13.6. The summed E-state index contributed by atoms with van der Waals surface area (Å²) >= 11 is 0. The van der Waals surface area contributed by atoms with Crippen LogP contribution in [0.5, 0.6) is 0 Å². The zero-order valence-corrected chi connectivity index (χ0v) is 11.9. The third-order valence-corrected chi connectivity index (χ3v) is 3.66. The van der Waals surface area contributed by atoms with Crippen molar-refractivity contribution in [1.82, 2.24) is 10.6 Å². The highest BCUT2D eigenvalue weighted by Gasteiger charge is 2.43. The molecule has 0 aliphatic heterocycles. The van der Waals surface area contributed by atoms with E-state index in [1.54, 1.807) is 0 Å². The van der Waals surface area contributed by atoms with Crippen molar-refractivity contribution < 1.29 is 0 Å². The molecule has 0 saturated heterocycles. The lowest BCUT2D eigenvalue weighted by molar-refractivity contribution is 0.418. The lowest BCUT2D eigenvalue weighted by Crippen LogP contribution is -2.41. The maximum atomic E-state index is 3.60. The van der Waals surface area contributed by atoms with E-state index < -0.39 is 0 Å². The number of rotatable bonds is 6. The SMILES string of the molecule is CC(C)(C)NCCNCC1(c2ccccc2)CC1. The highest BCUT2D eigenvalue weighted by molar-refractivity contribution is 5.31. The average molecular weight is 246 g/mol. The summed E-state index contributed by atoms with van der Waals surface area (Å²) in [5, 5.41) is 7.10. The van der Waals surface area contributed by atoms with Gasteiger partial charge in [0, 0.05) is 30.6 Å². The second-order valence-electron chi connectivity index (χ2n) is 6.50. The van der Waals surface area contributed by atoms with Gasteiger partial charge in [-0.3, -0.25) is 0 Å². The molecule has 1 aliphatic carbocycles. The standard InChI is InChI=1S/C16H26N2/c1-15(2,3)18-12-11-17-13-16(9-10-16)14-7-5-4-6-8-14/h4-8,17-18H,9-13H2,1-3H3. The quantitative estimate of drug-likeness (QED) is 0.754. The Hall–Kier alpha value is -0.860. The van der Waals surface area contributed by atoms with Crippen molar-refractivity contribution >= 4 is 0 Å². The molecule has 1 aromatic carbocycles. The van der Waals surface area contributed by atoms with Crippen molar-refractivity contribution in [3.8, 4) is 0 Å². The molecule has 1 aliphatic rings. The number of hydrogen-bond acceptors (Lipinski definition) is 2. The maximum absolute atomic E-state index is 3.60. The monoisotopic (exact) mass is 246 g/mol. The predicted molar refractivity (Wildman–Crippen MR) is 78.0 cm³/mol. The van der Waals surface area contributed by atoms with Gasteiger partial charge in [-0.25, -0.2) is 0 Å². The molecule has 0 amide bonds. The first-order valence-electron chi connectivity index (χ1n) is 7.03. The van der Waals surface area contributed by atoms with E-state index in [0.29, 0.717) is 5.41 Å². The van der Waals surface area contributed by atoms with Crippen LogP contribution in [0.2, 0.25) is 0 Å². The Balaban J connectivity index is 1.71. The van der Waals surface area contributed by atoms with Crippen LogP contribution in [0.1, 0.15) is 39.2 Å². The van der Waals surface area contributed by atoms with E-state index in [9.17, 15) is 0 Å². The molecule has 2 rings (SSSR count). The molecule has 1 fully saturated rings. The summed E-state index contributed by atoms with van der Waals surface area (Å²) in [7, 11) is 0. The van der Waals surface area contributed by atoms with Gasteiger partial charge in [0.05, 0.1) is 0 Å². The van der Waals surface area contributed by atoms with Gasteiger partial charge in [0.15, 0.2) is 0 Å². The Bertz CT molecular complexity index is 360. The molecular formula is C16H26N2. The Kier molecular flexibility index (Phi) is 4.08. The van der Waals surface area contributed by atoms with Crippen molar-refractivity contribution in [3.63, 3.8) is 0 Å².